The Morgan fingerprint density at radius 3 is 2.35 bits per heavy atom. The van der Waals surface area contributed by atoms with E-state index in [9.17, 15) is 9.59 Å². The second kappa shape index (κ2) is 12.8. The van der Waals surface area contributed by atoms with E-state index >= 15 is 0 Å². The lowest BCUT2D eigenvalue weighted by Crippen LogP contribution is -2.51. The molecule has 3 aromatic carbocycles. The zero-order chi connectivity index (χ0) is 24.3. The van der Waals surface area contributed by atoms with Gasteiger partial charge in [0.2, 0.25) is 5.91 Å². The summed E-state index contributed by atoms with van der Waals surface area (Å²) in [4.78, 5) is 28.3. The summed E-state index contributed by atoms with van der Waals surface area (Å²) >= 11 is 6.19. The Hall–Kier alpha value is -3.31. The zero-order valence-electron chi connectivity index (χ0n) is 19.7. The first-order valence-electron chi connectivity index (χ1n) is 11.5. The number of nitrogens with one attached hydrogen (secondary N) is 1. The van der Waals surface area contributed by atoms with E-state index in [0.717, 1.165) is 23.1 Å². The van der Waals surface area contributed by atoms with Crippen molar-refractivity contribution in [3.05, 3.63) is 101 Å². The summed E-state index contributed by atoms with van der Waals surface area (Å²) < 4.78 is 5.78. The first-order chi connectivity index (χ1) is 16.5. The van der Waals surface area contributed by atoms with Crippen LogP contribution in [0.2, 0.25) is 5.02 Å². The van der Waals surface area contributed by atoms with Crippen LogP contribution in [0.1, 0.15) is 30.0 Å². The topological polar surface area (TPSA) is 58.6 Å². The molecule has 0 spiro atoms. The summed E-state index contributed by atoms with van der Waals surface area (Å²) in [6.45, 7) is 4.61. The summed E-state index contributed by atoms with van der Waals surface area (Å²) in [5.74, 6) is 0.154. The molecule has 6 heteroatoms. The molecule has 1 atom stereocenters. The van der Waals surface area contributed by atoms with Crippen molar-refractivity contribution in [1.82, 2.24) is 10.2 Å². The minimum atomic E-state index is -0.693. The highest BCUT2D eigenvalue weighted by molar-refractivity contribution is 6.30. The summed E-state index contributed by atoms with van der Waals surface area (Å²) in [7, 11) is 0. The molecular formula is C28H31ClN2O3. The first-order valence-corrected chi connectivity index (χ1v) is 11.9. The van der Waals surface area contributed by atoms with Crippen molar-refractivity contribution in [3.63, 3.8) is 0 Å². The first kappa shape index (κ1) is 25.3. The highest BCUT2D eigenvalue weighted by Gasteiger charge is 2.30. The van der Waals surface area contributed by atoms with Crippen LogP contribution in [0, 0.1) is 6.92 Å². The van der Waals surface area contributed by atoms with Crippen molar-refractivity contribution >= 4 is 23.4 Å². The van der Waals surface area contributed by atoms with Crippen LogP contribution >= 0.6 is 11.6 Å². The molecule has 0 radical (unpaired) electrons. The quantitative estimate of drug-likeness (QED) is 0.412. The number of carbonyl (C=O) groups excluding carboxylic acids is 2. The van der Waals surface area contributed by atoms with Gasteiger partial charge in [-0.15, -0.1) is 0 Å². The van der Waals surface area contributed by atoms with E-state index in [-0.39, 0.29) is 25.0 Å². The minimum absolute atomic E-state index is 0.171. The number of aryl methyl sites for hydroxylation is 1. The van der Waals surface area contributed by atoms with E-state index < -0.39 is 6.04 Å². The molecule has 0 unspecified atom stereocenters. The van der Waals surface area contributed by atoms with Crippen molar-refractivity contribution in [2.24, 2.45) is 0 Å². The second-order valence-corrected chi connectivity index (χ2v) is 8.69. The number of hydrogen-bond acceptors (Lipinski definition) is 3. The maximum atomic E-state index is 13.5. The van der Waals surface area contributed by atoms with Gasteiger partial charge in [0.1, 0.15) is 11.8 Å². The van der Waals surface area contributed by atoms with Crippen LogP contribution in [0.4, 0.5) is 0 Å². The number of rotatable bonds is 11. The van der Waals surface area contributed by atoms with Crippen molar-refractivity contribution in [3.8, 4) is 5.75 Å². The van der Waals surface area contributed by atoms with Crippen LogP contribution in [0.25, 0.3) is 0 Å². The monoisotopic (exact) mass is 478 g/mol. The van der Waals surface area contributed by atoms with Crippen molar-refractivity contribution < 1.29 is 14.3 Å². The van der Waals surface area contributed by atoms with Crippen molar-refractivity contribution in [1.29, 1.82) is 0 Å². The summed E-state index contributed by atoms with van der Waals surface area (Å²) in [5, 5.41) is 3.54. The molecule has 1 N–H and O–H groups in total. The Kier molecular flexibility index (Phi) is 9.53. The van der Waals surface area contributed by atoms with E-state index in [2.05, 4.69) is 5.32 Å². The standard InChI is InChI=1S/C28H31ClN2O3/c1-3-16-30-28(33)26(18-22-8-5-4-6-9-22)31(19-23-10-7-11-24(29)17-23)27(32)20-34-25-14-12-21(2)13-15-25/h4-15,17,26H,3,16,18-20H2,1-2H3,(H,30,33)/t26-/m1/s1. The van der Waals surface area contributed by atoms with Gasteiger partial charge in [-0.1, -0.05) is 78.7 Å². The number of amides is 2. The average molecular weight is 479 g/mol. The van der Waals surface area contributed by atoms with Gasteiger partial charge in [0.05, 0.1) is 0 Å². The van der Waals surface area contributed by atoms with Crippen LogP contribution in [-0.2, 0) is 22.6 Å². The fourth-order valence-corrected chi connectivity index (χ4v) is 3.83. The van der Waals surface area contributed by atoms with Crippen LogP contribution in [-0.4, -0.2) is 35.9 Å². The molecule has 0 fully saturated rings. The van der Waals surface area contributed by atoms with Crippen LogP contribution in [0.15, 0.2) is 78.9 Å². The molecule has 0 heterocycles. The number of halogens is 1. The molecule has 3 aromatic rings. The number of benzene rings is 3. The average Bonchev–Trinajstić information content (AvgIpc) is 2.85. The molecule has 3 rings (SSSR count). The molecule has 0 bridgehead atoms. The SMILES string of the molecule is CCCNC(=O)[C@@H](Cc1ccccc1)N(Cc1cccc(Cl)c1)C(=O)COc1ccc(C)cc1. The van der Waals surface area contributed by atoms with E-state index in [1.807, 2.05) is 86.6 Å². The molecule has 0 aliphatic rings. The Bertz CT molecular complexity index is 1070. The van der Waals surface area contributed by atoms with Crippen molar-refractivity contribution in [2.45, 2.75) is 39.3 Å². The Morgan fingerprint density at radius 1 is 0.971 bits per heavy atom. The smallest absolute Gasteiger partial charge is 0.261 e. The maximum absolute atomic E-state index is 13.5. The molecule has 2 amide bonds. The van der Waals surface area contributed by atoms with E-state index in [1.165, 1.54) is 0 Å². The van der Waals surface area contributed by atoms with Gasteiger partial charge in [0.15, 0.2) is 6.61 Å². The molecule has 34 heavy (non-hydrogen) atoms. The minimum Gasteiger partial charge on any atom is -0.484 e. The summed E-state index contributed by atoms with van der Waals surface area (Å²) in [5.41, 5.74) is 2.93. The molecule has 0 aromatic heterocycles. The van der Waals surface area contributed by atoms with E-state index in [4.69, 9.17) is 16.3 Å². The van der Waals surface area contributed by atoms with Gasteiger partial charge in [-0.3, -0.25) is 9.59 Å². The summed E-state index contributed by atoms with van der Waals surface area (Å²) in [6, 6.07) is 23.9. The second-order valence-electron chi connectivity index (χ2n) is 8.25. The predicted octanol–water partition coefficient (Wildman–Crippen LogP) is 5.19. The lowest BCUT2D eigenvalue weighted by Gasteiger charge is -2.31. The van der Waals surface area contributed by atoms with Gasteiger partial charge in [-0.25, -0.2) is 0 Å². The molecule has 0 aliphatic carbocycles. The molecular weight excluding hydrogens is 448 g/mol. The van der Waals surface area contributed by atoms with Gasteiger partial charge in [-0.05, 0) is 48.7 Å². The predicted molar refractivity (Wildman–Crippen MR) is 136 cm³/mol. The van der Waals surface area contributed by atoms with E-state index in [1.54, 1.807) is 11.0 Å². The maximum Gasteiger partial charge on any atom is 0.261 e. The Morgan fingerprint density at radius 2 is 1.68 bits per heavy atom. The highest BCUT2D eigenvalue weighted by Crippen LogP contribution is 2.18. The molecule has 0 saturated heterocycles. The van der Waals surface area contributed by atoms with E-state index in [0.29, 0.717) is 23.7 Å². The van der Waals surface area contributed by atoms with Gasteiger partial charge in [-0.2, -0.15) is 0 Å². The van der Waals surface area contributed by atoms with Crippen LogP contribution in [0.5, 0.6) is 5.75 Å². The number of ether oxygens (including phenoxy) is 1. The number of carbonyl (C=O) groups is 2. The number of hydrogen-bond donors (Lipinski definition) is 1. The summed E-state index contributed by atoms with van der Waals surface area (Å²) in [6.07, 6.45) is 1.20. The fraction of sp³-hybridized carbons (Fsp3) is 0.286. The molecule has 178 valence electrons. The van der Waals surface area contributed by atoms with Gasteiger partial charge < -0.3 is 15.0 Å². The lowest BCUT2D eigenvalue weighted by atomic mass is 10.0. The Labute approximate surface area is 206 Å². The third kappa shape index (κ3) is 7.63. The Balaban J connectivity index is 1.88. The lowest BCUT2D eigenvalue weighted by molar-refractivity contribution is -0.142. The van der Waals surface area contributed by atoms with Gasteiger partial charge in [0, 0.05) is 24.5 Å². The highest BCUT2D eigenvalue weighted by atomic mass is 35.5. The molecule has 0 saturated carbocycles. The van der Waals surface area contributed by atoms with Gasteiger partial charge in [0.25, 0.3) is 5.91 Å². The fourth-order valence-electron chi connectivity index (χ4n) is 3.61. The third-order valence-electron chi connectivity index (χ3n) is 5.45. The number of nitrogens with zero attached hydrogens (tertiary/aromatic N) is 1. The largest absolute Gasteiger partial charge is 0.484 e. The van der Waals surface area contributed by atoms with Crippen LogP contribution < -0.4 is 10.1 Å². The van der Waals surface area contributed by atoms with Gasteiger partial charge >= 0.3 is 0 Å². The normalized spacial score (nSPS) is 11.5. The van der Waals surface area contributed by atoms with Crippen molar-refractivity contribution in [2.75, 3.05) is 13.2 Å². The third-order valence-corrected chi connectivity index (χ3v) is 5.68. The zero-order valence-corrected chi connectivity index (χ0v) is 20.4. The molecule has 5 nitrogen and oxygen atoms in total. The van der Waals surface area contributed by atoms with Crippen LogP contribution in [0.3, 0.4) is 0 Å². The molecule has 0 aliphatic heterocycles.